The molecule has 0 radical (unpaired) electrons. The zero-order valence-electron chi connectivity index (χ0n) is 12.2. The predicted octanol–water partition coefficient (Wildman–Crippen LogP) is 2.15. The number of hydrogen-bond donors (Lipinski definition) is 2. The maximum absolute atomic E-state index is 12.4. The summed E-state index contributed by atoms with van der Waals surface area (Å²) in [5.74, 6) is -0.0239. The zero-order chi connectivity index (χ0) is 15.4. The van der Waals surface area contributed by atoms with Gasteiger partial charge in [-0.15, -0.1) is 0 Å². The van der Waals surface area contributed by atoms with E-state index in [1.807, 2.05) is 0 Å². The summed E-state index contributed by atoms with van der Waals surface area (Å²) in [6.45, 7) is 2.06. The van der Waals surface area contributed by atoms with Crippen LogP contribution in [-0.2, 0) is 0 Å². The number of nitrogens with zero attached hydrogens (tertiary/aromatic N) is 1. The maximum atomic E-state index is 12.4. The van der Waals surface area contributed by atoms with Gasteiger partial charge in [0.2, 0.25) is 0 Å². The first-order chi connectivity index (χ1) is 10.0. The van der Waals surface area contributed by atoms with Crippen molar-refractivity contribution in [2.75, 3.05) is 6.54 Å². The van der Waals surface area contributed by atoms with Crippen molar-refractivity contribution < 1.29 is 9.72 Å². The number of nitro benzene ring substituents is 1. The number of carbonyl (C=O) groups is 1. The van der Waals surface area contributed by atoms with Gasteiger partial charge in [-0.25, -0.2) is 0 Å². The van der Waals surface area contributed by atoms with Crippen LogP contribution >= 0.6 is 0 Å². The van der Waals surface area contributed by atoms with Crippen LogP contribution in [0.25, 0.3) is 0 Å². The second kappa shape index (κ2) is 6.67. The number of nitrogens with one attached hydrogen (secondary N) is 1. The van der Waals surface area contributed by atoms with Crippen LogP contribution in [0.5, 0.6) is 0 Å². The molecule has 114 valence electrons. The molecule has 0 bridgehead atoms. The van der Waals surface area contributed by atoms with Gasteiger partial charge in [0.25, 0.3) is 11.6 Å². The molecule has 0 saturated heterocycles. The van der Waals surface area contributed by atoms with Crippen LogP contribution in [0.15, 0.2) is 18.2 Å². The minimum absolute atomic E-state index is 0.112. The number of hydrogen-bond acceptors (Lipinski definition) is 4. The van der Waals surface area contributed by atoms with Gasteiger partial charge in [-0.1, -0.05) is 25.0 Å². The molecule has 1 amide bonds. The summed E-state index contributed by atoms with van der Waals surface area (Å²) in [6.07, 6.45) is 4.42. The third-order valence-corrected chi connectivity index (χ3v) is 4.21. The van der Waals surface area contributed by atoms with E-state index in [1.165, 1.54) is 6.07 Å². The number of carbonyl (C=O) groups excluding carboxylic acids is 1. The van der Waals surface area contributed by atoms with Gasteiger partial charge in [0, 0.05) is 18.7 Å². The van der Waals surface area contributed by atoms with Crippen molar-refractivity contribution in [1.29, 1.82) is 0 Å². The molecule has 1 saturated carbocycles. The van der Waals surface area contributed by atoms with E-state index in [-0.39, 0.29) is 17.3 Å². The number of amides is 1. The molecule has 0 heterocycles. The Labute approximate surface area is 123 Å². The molecule has 1 atom stereocenters. The smallest absolute Gasteiger partial charge is 0.282 e. The number of rotatable bonds is 5. The van der Waals surface area contributed by atoms with Gasteiger partial charge < -0.3 is 11.1 Å². The molecule has 6 heteroatoms. The fraction of sp³-hybridized carbons (Fsp3) is 0.533. The van der Waals surface area contributed by atoms with Crippen molar-refractivity contribution in [3.8, 4) is 0 Å². The average molecular weight is 291 g/mol. The Morgan fingerprint density at radius 1 is 1.48 bits per heavy atom. The second-order valence-electron chi connectivity index (χ2n) is 5.59. The lowest BCUT2D eigenvalue weighted by Gasteiger charge is -2.23. The van der Waals surface area contributed by atoms with Gasteiger partial charge in [-0.3, -0.25) is 14.9 Å². The van der Waals surface area contributed by atoms with E-state index in [0.717, 1.165) is 25.7 Å². The molecule has 0 aromatic heterocycles. The predicted molar refractivity (Wildman–Crippen MR) is 80.1 cm³/mol. The second-order valence-corrected chi connectivity index (χ2v) is 5.59. The Bertz CT molecular complexity index is 539. The Balaban J connectivity index is 2.21. The maximum Gasteiger partial charge on any atom is 0.282 e. The normalized spacial score (nSPS) is 16.7. The van der Waals surface area contributed by atoms with Crippen LogP contribution in [0.3, 0.4) is 0 Å². The summed E-state index contributed by atoms with van der Waals surface area (Å²) in [7, 11) is 0. The quantitative estimate of drug-likeness (QED) is 0.641. The van der Waals surface area contributed by atoms with Crippen molar-refractivity contribution in [2.45, 2.75) is 38.6 Å². The number of benzene rings is 1. The standard InChI is InChI=1S/C15H21N3O3/c1-10-5-4-8-13(18(20)21)14(10)15(19)17-12(9-16)11-6-2-3-7-11/h4-5,8,11-12H,2-3,6-7,9,16H2,1H3,(H,17,19). The summed E-state index contributed by atoms with van der Waals surface area (Å²) in [5.41, 5.74) is 6.35. The van der Waals surface area contributed by atoms with Crippen LogP contribution < -0.4 is 11.1 Å². The van der Waals surface area contributed by atoms with Crippen molar-refractivity contribution in [3.63, 3.8) is 0 Å². The molecule has 21 heavy (non-hydrogen) atoms. The molecule has 1 fully saturated rings. The Morgan fingerprint density at radius 3 is 2.71 bits per heavy atom. The van der Waals surface area contributed by atoms with Gasteiger partial charge in [0.1, 0.15) is 5.56 Å². The van der Waals surface area contributed by atoms with Crippen LogP contribution in [0.2, 0.25) is 0 Å². The van der Waals surface area contributed by atoms with Crippen molar-refractivity contribution in [1.82, 2.24) is 5.32 Å². The fourth-order valence-electron chi connectivity index (χ4n) is 3.07. The Morgan fingerprint density at radius 2 is 2.14 bits per heavy atom. The topological polar surface area (TPSA) is 98.3 Å². The van der Waals surface area contributed by atoms with Gasteiger partial charge in [0.05, 0.1) is 4.92 Å². The molecule has 1 aromatic rings. The lowest BCUT2D eigenvalue weighted by atomic mass is 9.97. The molecule has 1 unspecified atom stereocenters. The third kappa shape index (κ3) is 3.39. The number of nitro groups is 1. The molecule has 1 aliphatic carbocycles. The SMILES string of the molecule is Cc1cccc([N+](=O)[O-])c1C(=O)NC(CN)C1CCCC1. The monoisotopic (exact) mass is 291 g/mol. The third-order valence-electron chi connectivity index (χ3n) is 4.21. The van der Waals surface area contributed by atoms with Crippen molar-refractivity contribution in [2.24, 2.45) is 11.7 Å². The lowest BCUT2D eigenvalue weighted by molar-refractivity contribution is -0.385. The lowest BCUT2D eigenvalue weighted by Crippen LogP contribution is -2.44. The first kappa shape index (κ1) is 15.4. The van der Waals surface area contributed by atoms with E-state index < -0.39 is 10.8 Å². The number of nitrogens with two attached hydrogens (primary N) is 1. The summed E-state index contributed by atoms with van der Waals surface area (Å²) in [5, 5.41) is 14.0. The van der Waals surface area contributed by atoms with E-state index in [2.05, 4.69) is 5.32 Å². The Hall–Kier alpha value is -1.95. The highest BCUT2D eigenvalue weighted by Gasteiger charge is 2.28. The highest BCUT2D eigenvalue weighted by molar-refractivity contribution is 5.99. The summed E-state index contributed by atoms with van der Waals surface area (Å²) >= 11 is 0. The molecular weight excluding hydrogens is 270 g/mol. The summed E-state index contributed by atoms with van der Waals surface area (Å²) < 4.78 is 0. The van der Waals surface area contributed by atoms with Gasteiger partial charge in [0.15, 0.2) is 0 Å². The van der Waals surface area contributed by atoms with E-state index in [1.54, 1.807) is 19.1 Å². The van der Waals surface area contributed by atoms with Gasteiger partial charge in [-0.2, -0.15) is 0 Å². The van der Waals surface area contributed by atoms with Crippen LogP contribution in [0.4, 0.5) is 5.69 Å². The highest BCUT2D eigenvalue weighted by Crippen LogP contribution is 2.28. The molecule has 0 aliphatic heterocycles. The summed E-state index contributed by atoms with van der Waals surface area (Å²) in [4.78, 5) is 23.0. The first-order valence-corrected chi connectivity index (χ1v) is 7.29. The summed E-state index contributed by atoms with van der Waals surface area (Å²) in [6, 6.07) is 4.53. The first-order valence-electron chi connectivity index (χ1n) is 7.29. The molecule has 3 N–H and O–H groups in total. The van der Waals surface area contributed by atoms with E-state index in [4.69, 9.17) is 5.73 Å². The average Bonchev–Trinajstić information content (AvgIpc) is 2.98. The fourth-order valence-corrected chi connectivity index (χ4v) is 3.07. The largest absolute Gasteiger partial charge is 0.348 e. The zero-order valence-corrected chi connectivity index (χ0v) is 12.2. The van der Waals surface area contributed by atoms with Crippen LogP contribution in [0, 0.1) is 23.0 Å². The molecule has 1 aliphatic rings. The molecule has 1 aromatic carbocycles. The van der Waals surface area contributed by atoms with E-state index >= 15 is 0 Å². The molecule has 2 rings (SSSR count). The number of aryl methyl sites for hydroxylation is 1. The minimum Gasteiger partial charge on any atom is -0.348 e. The van der Waals surface area contributed by atoms with Gasteiger partial charge >= 0.3 is 0 Å². The van der Waals surface area contributed by atoms with E-state index in [9.17, 15) is 14.9 Å². The van der Waals surface area contributed by atoms with Crippen molar-refractivity contribution >= 4 is 11.6 Å². The molecular formula is C15H21N3O3. The Kier molecular flexibility index (Phi) is 4.90. The van der Waals surface area contributed by atoms with Crippen LogP contribution in [0.1, 0.15) is 41.6 Å². The minimum atomic E-state index is -0.519. The molecule has 6 nitrogen and oxygen atoms in total. The highest BCUT2D eigenvalue weighted by atomic mass is 16.6. The van der Waals surface area contributed by atoms with Crippen molar-refractivity contribution in [3.05, 3.63) is 39.4 Å². The molecule has 0 spiro atoms. The van der Waals surface area contributed by atoms with E-state index in [0.29, 0.717) is 18.0 Å². The van der Waals surface area contributed by atoms with Crippen LogP contribution in [-0.4, -0.2) is 23.4 Å². The van der Waals surface area contributed by atoms with Gasteiger partial charge in [-0.05, 0) is 31.2 Å².